The van der Waals surface area contributed by atoms with E-state index in [-0.39, 0.29) is 11.2 Å². The lowest BCUT2D eigenvalue weighted by atomic mass is 10.1. The van der Waals surface area contributed by atoms with Gasteiger partial charge in [0.2, 0.25) is 0 Å². The molecule has 45 heavy (non-hydrogen) atoms. The minimum Gasteiger partial charge on any atom is -0.298 e. The zero-order valence-corrected chi connectivity index (χ0v) is 28.6. The van der Waals surface area contributed by atoms with Gasteiger partial charge in [-0.1, -0.05) is 88.5 Å². The first-order valence-corrected chi connectivity index (χ1v) is 18.1. The number of hydrogen-bond acceptors (Lipinski definition) is 6. The molecule has 3 heterocycles. The lowest BCUT2D eigenvalue weighted by Gasteiger charge is -2.13. The zero-order valence-electron chi connectivity index (χ0n) is 28.6. The molecule has 0 aliphatic heterocycles. The van der Waals surface area contributed by atoms with E-state index in [9.17, 15) is 9.59 Å². The summed E-state index contributed by atoms with van der Waals surface area (Å²) in [7, 11) is 0. The van der Waals surface area contributed by atoms with Crippen LogP contribution in [0.15, 0.2) is 28.0 Å². The van der Waals surface area contributed by atoms with Crippen LogP contribution in [-0.4, -0.2) is 39.1 Å². The van der Waals surface area contributed by atoms with Crippen molar-refractivity contribution in [1.82, 2.24) is 39.1 Å². The molecule has 0 aromatic carbocycles. The molecule has 3 aromatic heterocycles. The van der Waals surface area contributed by atoms with E-state index in [2.05, 4.69) is 46.9 Å². The Morgan fingerprint density at radius 3 is 1.47 bits per heavy atom. The highest BCUT2D eigenvalue weighted by Gasteiger charge is 2.09. The van der Waals surface area contributed by atoms with E-state index in [1.165, 1.54) is 81.6 Å². The second-order valence-corrected chi connectivity index (χ2v) is 12.8. The summed E-state index contributed by atoms with van der Waals surface area (Å²) in [5.41, 5.74) is 2.50. The van der Waals surface area contributed by atoms with Crippen LogP contribution in [0.3, 0.4) is 0 Å². The molecule has 0 N–H and O–H groups in total. The lowest BCUT2D eigenvalue weighted by Crippen LogP contribution is -2.40. The second kappa shape index (κ2) is 21.7. The number of hydrogen-bond donors (Lipinski definition) is 0. The van der Waals surface area contributed by atoms with Crippen LogP contribution in [0.1, 0.15) is 147 Å². The van der Waals surface area contributed by atoms with E-state index in [0.29, 0.717) is 13.1 Å². The number of nitrogens with zero attached hydrogens (tertiary/aromatic N) is 8. The van der Waals surface area contributed by atoms with Gasteiger partial charge in [-0.15, -0.1) is 10.2 Å². The van der Waals surface area contributed by atoms with Gasteiger partial charge < -0.3 is 0 Å². The van der Waals surface area contributed by atoms with Gasteiger partial charge in [0.25, 0.3) is 5.56 Å². The number of aryl methyl sites for hydroxylation is 5. The summed E-state index contributed by atoms with van der Waals surface area (Å²) in [6.07, 6.45) is 27.1. The van der Waals surface area contributed by atoms with Crippen molar-refractivity contribution < 1.29 is 0 Å². The number of unbranched alkanes of at least 4 members (excludes halogenated alkanes) is 14. The summed E-state index contributed by atoms with van der Waals surface area (Å²) < 4.78 is 7.04. The van der Waals surface area contributed by atoms with Crippen LogP contribution in [0.25, 0.3) is 0 Å². The first kappa shape index (κ1) is 36.4. The van der Waals surface area contributed by atoms with Crippen LogP contribution < -0.4 is 11.2 Å². The van der Waals surface area contributed by atoms with Crippen LogP contribution in [0.5, 0.6) is 0 Å². The Balaban J connectivity index is 1.32. The van der Waals surface area contributed by atoms with Gasteiger partial charge in [0.1, 0.15) is 0 Å². The van der Waals surface area contributed by atoms with Crippen molar-refractivity contribution in [2.45, 2.75) is 175 Å². The standard InChI is InChI=1S/C35H60N8O2/c1-4-6-8-10-12-16-22-32-29-40(38-36-32)24-18-14-20-26-42-31(3)28-34(44)43(35(42)45)27-21-15-19-25-41-30-33(37-39-41)23-17-13-11-9-7-5-2/h28-30H,4-27H2,1-3H3. The maximum Gasteiger partial charge on any atom is 0.331 e. The molecule has 252 valence electrons. The molecule has 0 unspecified atom stereocenters. The monoisotopic (exact) mass is 624 g/mol. The van der Waals surface area contributed by atoms with Crippen molar-refractivity contribution in [3.05, 3.63) is 56.4 Å². The van der Waals surface area contributed by atoms with Crippen molar-refractivity contribution >= 4 is 0 Å². The Kier molecular flexibility index (Phi) is 17.5. The van der Waals surface area contributed by atoms with Gasteiger partial charge in [0.15, 0.2) is 0 Å². The summed E-state index contributed by atoms with van der Waals surface area (Å²) in [6, 6.07) is 1.60. The fourth-order valence-corrected chi connectivity index (χ4v) is 5.94. The fourth-order valence-electron chi connectivity index (χ4n) is 5.94. The highest BCUT2D eigenvalue weighted by atomic mass is 16.2. The average Bonchev–Trinajstić information content (AvgIpc) is 3.68. The van der Waals surface area contributed by atoms with Crippen LogP contribution >= 0.6 is 0 Å². The van der Waals surface area contributed by atoms with Crippen LogP contribution in [0.4, 0.5) is 0 Å². The number of aromatic nitrogens is 8. The molecule has 10 nitrogen and oxygen atoms in total. The van der Waals surface area contributed by atoms with E-state index in [1.54, 1.807) is 10.6 Å². The third-order valence-corrected chi connectivity index (χ3v) is 8.77. The molecule has 10 heteroatoms. The maximum atomic E-state index is 13.2. The maximum absolute atomic E-state index is 13.2. The molecule has 0 amide bonds. The highest BCUT2D eigenvalue weighted by molar-refractivity contribution is 5.00. The van der Waals surface area contributed by atoms with Crippen molar-refractivity contribution in [3.63, 3.8) is 0 Å². The minimum absolute atomic E-state index is 0.189. The van der Waals surface area contributed by atoms with E-state index in [0.717, 1.165) is 81.5 Å². The third-order valence-electron chi connectivity index (χ3n) is 8.77. The van der Waals surface area contributed by atoms with Crippen molar-refractivity contribution in [2.24, 2.45) is 0 Å². The second-order valence-electron chi connectivity index (χ2n) is 12.8. The molecule has 0 aliphatic rings. The Morgan fingerprint density at radius 2 is 0.956 bits per heavy atom. The molecule has 0 bridgehead atoms. The number of rotatable bonds is 26. The third kappa shape index (κ3) is 13.9. The largest absolute Gasteiger partial charge is 0.331 e. The van der Waals surface area contributed by atoms with Gasteiger partial charge in [0, 0.05) is 50.3 Å². The van der Waals surface area contributed by atoms with E-state index in [1.807, 2.05) is 16.3 Å². The van der Waals surface area contributed by atoms with Gasteiger partial charge in [-0.05, 0) is 71.1 Å². The van der Waals surface area contributed by atoms with Crippen LogP contribution in [-0.2, 0) is 39.0 Å². The molecule has 0 saturated heterocycles. The minimum atomic E-state index is -0.202. The summed E-state index contributed by atoms with van der Waals surface area (Å²) >= 11 is 0. The lowest BCUT2D eigenvalue weighted by molar-refractivity contribution is 0.466. The molecule has 0 fully saturated rings. The van der Waals surface area contributed by atoms with Crippen LogP contribution in [0, 0.1) is 6.92 Å². The Labute approximate surface area is 270 Å². The van der Waals surface area contributed by atoms with Crippen LogP contribution in [0.2, 0.25) is 0 Å². The highest BCUT2D eigenvalue weighted by Crippen LogP contribution is 2.10. The average molecular weight is 625 g/mol. The molecular weight excluding hydrogens is 564 g/mol. The Bertz CT molecular complexity index is 1320. The quantitative estimate of drug-likeness (QED) is 0.0887. The van der Waals surface area contributed by atoms with E-state index in [4.69, 9.17) is 0 Å². The van der Waals surface area contributed by atoms with Gasteiger partial charge in [-0.25, -0.2) is 4.79 Å². The normalized spacial score (nSPS) is 11.5. The molecule has 0 saturated carbocycles. The van der Waals surface area contributed by atoms with E-state index >= 15 is 0 Å². The summed E-state index contributed by atoms with van der Waals surface area (Å²) in [4.78, 5) is 25.8. The topological polar surface area (TPSA) is 105 Å². The summed E-state index contributed by atoms with van der Waals surface area (Å²) in [5, 5.41) is 17.2. The first-order valence-electron chi connectivity index (χ1n) is 18.1. The fraction of sp³-hybridized carbons (Fsp3) is 0.771. The van der Waals surface area contributed by atoms with Crippen molar-refractivity contribution in [3.8, 4) is 0 Å². The molecule has 0 aliphatic carbocycles. The summed E-state index contributed by atoms with van der Waals surface area (Å²) in [5.74, 6) is 0. The molecule has 0 radical (unpaired) electrons. The van der Waals surface area contributed by atoms with Crippen molar-refractivity contribution in [1.29, 1.82) is 0 Å². The molecule has 3 rings (SSSR count). The van der Waals surface area contributed by atoms with Gasteiger partial charge in [-0.3, -0.25) is 23.3 Å². The predicted octanol–water partition coefficient (Wildman–Crippen LogP) is 7.05. The Hall–Kier alpha value is -3.04. The molecule has 3 aromatic rings. The van der Waals surface area contributed by atoms with Gasteiger partial charge >= 0.3 is 5.69 Å². The zero-order chi connectivity index (χ0) is 32.1. The Morgan fingerprint density at radius 1 is 0.533 bits per heavy atom. The predicted molar refractivity (Wildman–Crippen MR) is 182 cm³/mol. The van der Waals surface area contributed by atoms with E-state index < -0.39 is 0 Å². The first-order chi connectivity index (χ1) is 22.0. The summed E-state index contributed by atoms with van der Waals surface area (Å²) in [6.45, 7) is 9.07. The molecule has 0 spiro atoms. The molecular formula is C35H60N8O2. The van der Waals surface area contributed by atoms with Gasteiger partial charge in [0.05, 0.1) is 11.4 Å². The van der Waals surface area contributed by atoms with Crippen molar-refractivity contribution in [2.75, 3.05) is 0 Å². The smallest absolute Gasteiger partial charge is 0.298 e. The van der Waals surface area contributed by atoms with Gasteiger partial charge in [-0.2, -0.15) is 0 Å². The molecule has 0 atom stereocenters. The SMILES string of the molecule is CCCCCCCCc1cn(CCCCCn2c(C)cc(=O)n(CCCCCn3cc(CCCCCCCC)nn3)c2=O)nn1.